The molecule has 4 aromatic rings. The van der Waals surface area contributed by atoms with Crippen LogP contribution in [0, 0.1) is 0 Å². The number of amides is 1. The molecule has 6 heteroatoms. The number of thiazole rings is 1. The Morgan fingerprint density at radius 1 is 1.16 bits per heavy atom. The molecule has 1 atom stereocenters. The van der Waals surface area contributed by atoms with Crippen molar-refractivity contribution in [1.29, 1.82) is 0 Å². The maximum absolute atomic E-state index is 12.8. The Hall–Kier alpha value is -2.44. The minimum absolute atomic E-state index is 0.271. The van der Waals surface area contributed by atoms with E-state index in [1.165, 1.54) is 11.3 Å². The Kier molecular flexibility index (Phi) is 4.38. The van der Waals surface area contributed by atoms with E-state index in [0.29, 0.717) is 5.58 Å². The number of halogens is 1. The zero-order valence-corrected chi connectivity index (χ0v) is 15.4. The van der Waals surface area contributed by atoms with Crippen LogP contribution in [0.3, 0.4) is 0 Å². The van der Waals surface area contributed by atoms with Crippen LogP contribution in [0.2, 0.25) is 0 Å². The molecule has 0 aliphatic rings. The number of fused-ring (bicyclic) bond motifs is 1. The van der Waals surface area contributed by atoms with E-state index in [1.807, 2.05) is 53.9 Å². The lowest BCUT2D eigenvalue weighted by molar-refractivity contribution is 0.0917. The number of furan rings is 1. The van der Waals surface area contributed by atoms with Crippen molar-refractivity contribution in [2.45, 2.75) is 6.04 Å². The molecular formula is C19H13BrN2O2S. The number of para-hydroxylation sites is 1. The van der Waals surface area contributed by atoms with Crippen LogP contribution in [0.25, 0.3) is 11.0 Å². The predicted octanol–water partition coefficient (Wildman–Crippen LogP) is 5.17. The molecule has 0 saturated heterocycles. The fraction of sp³-hybridized carbons (Fsp3) is 0.0526. The summed E-state index contributed by atoms with van der Waals surface area (Å²) in [6, 6.07) is 16.9. The van der Waals surface area contributed by atoms with Crippen LogP contribution in [0.1, 0.15) is 27.2 Å². The predicted molar refractivity (Wildman–Crippen MR) is 102 cm³/mol. The molecule has 2 aromatic heterocycles. The summed E-state index contributed by atoms with van der Waals surface area (Å²) in [4.78, 5) is 17.1. The monoisotopic (exact) mass is 412 g/mol. The molecule has 4 nitrogen and oxygen atoms in total. The van der Waals surface area contributed by atoms with Crippen molar-refractivity contribution in [3.63, 3.8) is 0 Å². The molecule has 124 valence electrons. The molecule has 0 unspecified atom stereocenters. The first-order valence-corrected chi connectivity index (χ1v) is 9.33. The molecule has 0 fully saturated rings. The molecule has 0 spiro atoms. The Balaban J connectivity index is 1.67. The van der Waals surface area contributed by atoms with Gasteiger partial charge in [0.05, 0.1) is 4.47 Å². The first kappa shape index (κ1) is 16.1. The first-order valence-electron chi connectivity index (χ1n) is 7.65. The Labute approximate surface area is 156 Å². The van der Waals surface area contributed by atoms with E-state index in [4.69, 9.17) is 4.42 Å². The van der Waals surface area contributed by atoms with Crippen LogP contribution in [0.5, 0.6) is 0 Å². The van der Waals surface area contributed by atoms with Gasteiger partial charge >= 0.3 is 0 Å². The van der Waals surface area contributed by atoms with Gasteiger partial charge in [-0.1, -0.05) is 42.5 Å². The summed E-state index contributed by atoms with van der Waals surface area (Å²) in [7, 11) is 0. The number of rotatable bonds is 4. The van der Waals surface area contributed by atoms with Crippen molar-refractivity contribution in [2.75, 3.05) is 0 Å². The topological polar surface area (TPSA) is 55.1 Å². The van der Waals surface area contributed by atoms with E-state index in [9.17, 15) is 4.79 Å². The molecule has 0 aliphatic heterocycles. The van der Waals surface area contributed by atoms with Gasteiger partial charge in [0.15, 0.2) is 5.76 Å². The van der Waals surface area contributed by atoms with Gasteiger partial charge < -0.3 is 9.73 Å². The van der Waals surface area contributed by atoms with Crippen molar-refractivity contribution < 1.29 is 9.21 Å². The Morgan fingerprint density at radius 3 is 2.72 bits per heavy atom. The maximum atomic E-state index is 12.8. The highest BCUT2D eigenvalue weighted by molar-refractivity contribution is 9.10. The van der Waals surface area contributed by atoms with Gasteiger partial charge in [-0.15, -0.1) is 11.3 Å². The lowest BCUT2D eigenvalue weighted by Crippen LogP contribution is -2.28. The number of benzene rings is 2. The number of hydrogen-bond acceptors (Lipinski definition) is 4. The Morgan fingerprint density at radius 2 is 2.00 bits per heavy atom. The molecule has 0 saturated carbocycles. The molecular weight excluding hydrogens is 400 g/mol. The number of carbonyl (C=O) groups excluding carboxylic acids is 1. The van der Waals surface area contributed by atoms with Gasteiger partial charge in [-0.05, 0) is 33.6 Å². The van der Waals surface area contributed by atoms with Crippen LogP contribution in [-0.4, -0.2) is 10.9 Å². The van der Waals surface area contributed by atoms with Crippen LogP contribution in [0.4, 0.5) is 0 Å². The molecule has 2 heterocycles. The average Bonchev–Trinajstić information content (AvgIpc) is 3.30. The van der Waals surface area contributed by atoms with Crippen LogP contribution in [0.15, 0.2) is 75.1 Å². The number of hydrogen-bond donors (Lipinski definition) is 1. The molecule has 25 heavy (non-hydrogen) atoms. The van der Waals surface area contributed by atoms with Gasteiger partial charge in [0.1, 0.15) is 16.6 Å². The fourth-order valence-corrected chi connectivity index (χ4v) is 3.83. The third-order valence-corrected chi connectivity index (χ3v) is 5.29. The van der Waals surface area contributed by atoms with Gasteiger partial charge in [0.2, 0.25) is 0 Å². The molecule has 0 bridgehead atoms. The van der Waals surface area contributed by atoms with Gasteiger partial charge in [-0.25, -0.2) is 4.98 Å². The summed E-state index contributed by atoms with van der Waals surface area (Å²) in [5, 5.41) is 6.64. The second kappa shape index (κ2) is 6.82. The number of carbonyl (C=O) groups is 1. The normalized spacial score (nSPS) is 12.2. The summed E-state index contributed by atoms with van der Waals surface area (Å²) in [5.74, 6) is 0.00606. The van der Waals surface area contributed by atoms with E-state index < -0.39 is 0 Å². The lowest BCUT2D eigenvalue weighted by atomic mass is 10.1. The number of aromatic nitrogens is 1. The molecule has 0 radical (unpaired) electrons. The minimum atomic E-state index is -0.314. The van der Waals surface area contributed by atoms with Gasteiger partial charge in [-0.2, -0.15) is 0 Å². The van der Waals surface area contributed by atoms with E-state index in [2.05, 4.69) is 26.2 Å². The molecule has 2 aromatic carbocycles. The summed E-state index contributed by atoms with van der Waals surface area (Å²) in [5.41, 5.74) is 1.64. The van der Waals surface area contributed by atoms with E-state index >= 15 is 0 Å². The zero-order valence-electron chi connectivity index (χ0n) is 13.0. The molecule has 1 N–H and O–H groups in total. The summed E-state index contributed by atoms with van der Waals surface area (Å²) >= 11 is 4.95. The summed E-state index contributed by atoms with van der Waals surface area (Å²) in [6.07, 6.45) is 1.74. The minimum Gasteiger partial charge on any atom is -0.450 e. The maximum Gasteiger partial charge on any atom is 0.287 e. The zero-order chi connectivity index (χ0) is 17.2. The highest BCUT2D eigenvalue weighted by Crippen LogP contribution is 2.28. The van der Waals surface area contributed by atoms with Gasteiger partial charge in [-0.3, -0.25) is 4.79 Å². The number of nitrogens with one attached hydrogen (secondary N) is 1. The van der Waals surface area contributed by atoms with Crippen molar-refractivity contribution in [3.05, 3.63) is 87.0 Å². The summed E-state index contributed by atoms with van der Waals surface area (Å²) < 4.78 is 6.56. The SMILES string of the molecule is O=C(N[C@@H](c1ccccc1)c1nccs1)c1cc2cccc(Br)c2o1. The third kappa shape index (κ3) is 3.23. The second-order valence-electron chi connectivity index (χ2n) is 5.46. The fourth-order valence-electron chi connectivity index (χ4n) is 2.65. The lowest BCUT2D eigenvalue weighted by Gasteiger charge is -2.16. The molecule has 4 rings (SSSR count). The quantitative estimate of drug-likeness (QED) is 0.502. The smallest absolute Gasteiger partial charge is 0.287 e. The van der Waals surface area contributed by atoms with Crippen molar-refractivity contribution in [3.8, 4) is 0 Å². The third-order valence-electron chi connectivity index (χ3n) is 3.83. The van der Waals surface area contributed by atoms with E-state index in [-0.39, 0.29) is 17.7 Å². The van der Waals surface area contributed by atoms with Gasteiger partial charge in [0, 0.05) is 17.0 Å². The molecule has 1 amide bonds. The average molecular weight is 413 g/mol. The van der Waals surface area contributed by atoms with Crippen molar-refractivity contribution >= 4 is 44.1 Å². The van der Waals surface area contributed by atoms with Crippen LogP contribution >= 0.6 is 27.3 Å². The van der Waals surface area contributed by atoms with E-state index in [0.717, 1.165) is 20.4 Å². The highest BCUT2D eigenvalue weighted by Gasteiger charge is 2.22. The summed E-state index contributed by atoms with van der Waals surface area (Å²) in [6.45, 7) is 0. The van der Waals surface area contributed by atoms with Gasteiger partial charge in [0.25, 0.3) is 5.91 Å². The largest absolute Gasteiger partial charge is 0.450 e. The van der Waals surface area contributed by atoms with Crippen molar-refractivity contribution in [1.82, 2.24) is 10.3 Å². The van der Waals surface area contributed by atoms with Crippen molar-refractivity contribution in [2.24, 2.45) is 0 Å². The van der Waals surface area contributed by atoms with E-state index in [1.54, 1.807) is 12.3 Å². The van der Waals surface area contributed by atoms with Crippen LogP contribution in [-0.2, 0) is 0 Å². The molecule has 0 aliphatic carbocycles. The standard InChI is InChI=1S/C19H13BrN2O2S/c20-14-8-4-7-13-11-15(24-17(13)14)18(23)22-16(19-21-9-10-25-19)12-5-2-1-3-6-12/h1-11,16H,(H,22,23)/t16-/m0/s1. The highest BCUT2D eigenvalue weighted by atomic mass is 79.9. The number of nitrogens with zero attached hydrogens (tertiary/aromatic N) is 1. The first-order chi connectivity index (χ1) is 12.2. The Bertz CT molecular complexity index is 1010. The van der Waals surface area contributed by atoms with Crippen LogP contribution < -0.4 is 5.32 Å². The second-order valence-corrected chi connectivity index (χ2v) is 7.24.